The minimum Gasteiger partial charge on any atom is -1.00 e. The number of hydrogen-bond acceptors (Lipinski definition) is 2. The molecule has 1 N–H and O–H groups in total. The summed E-state index contributed by atoms with van der Waals surface area (Å²) >= 11 is 0. The fourth-order valence-electron chi connectivity index (χ4n) is 1.41. The molecule has 1 aromatic rings. The van der Waals surface area contributed by atoms with Gasteiger partial charge < -0.3 is 1.43 Å². The van der Waals surface area contributed by atoms with Crippen LogP contribution in [0.15, 0.2) is 9.59 Å². The van der Waals surface area contributed by atoms with Crippen molar-refractivity contribution in [1.82, 2.24) is 14.3 Å². The minimum atomic E-state index is -0.283. The minimum absolute atomic E-state index is 0. The Morgan fingerprint density at radius 1 is 1.08 bits per heavy atom. The van der Waals surface area contributed by atoms with Gasteiger partial charge in [-0.3, -0.25) is 4.98 Å². The molecule has 1 aliphatic rings. The van der Waals surface area contributed by atoms with Crippen LogP contribution in [0.5, 0.6) is 0 Å². The van der Waals surface area contributed by atoms with Gasteiger partial charge >= 0.3 is 40.9 Å². The number of H-pyrrole nitrogens is 1. The molecule has 0 aromatic carbocycles. The summed E-state index contributed by atoms with van der Waals surface area (Å²) in [4.78, 5) is 24.2. The van der Waals surface area contributed by atoms with Gasteiger partial charge in [-0.25, -0.2) is 19.0 Å². The SMILES string of the molecule is O=c1[nH]c(=O)n2n1CCCC2.[H-].[Na+]. The molecule has 0 amide bonds. The van der Waals surface area contributed by atoms with E-state index in [2.05, 4.69) is 4.98 Å². The molecule has 0 radical (unpaired) electrons. The maximum atomic E-state index is 11.0. The number of aromatic nitrogens is 3. The van der Waals surface area contributed by atoms with Crippen LogP contribution in [0.25, 0.3) is 0 Å². The molecule has 6 heteroatoms. The first-order valence-corrected chi connectivity index (χ1v) is 3.69. The zero-order valence-corrected chi connectivity index (χ0v) is 9.04. The molecule has 62 valence electrons. The first-order valence-electron chi connectivity index (χ1n) is 3.69. The number of nitrogens with zero attached hydrogens (tertiary/aromatic N) is 2. The average Bonchev–Trinajstić information content (AvgIpc) is 2.30. The summed E-state index contributed by atoms with van der Waals surface area (Å²) in [6, 6.07) is 0. The maximum absolute atomic E-state index is 11.0. The molecular formula is C6H10N3NaO2. The van der Waals surface area contributed by atoms with Crippen LogP contribution in [0, 0.1) is 0 Å². The molecule has 0 atom stereocenters. The van der Waals surface area contributed by atoms with Gasteiger partial charge in [0, 0.05) is 13.1 Å². The van der Waals surface area contributed by atoms with Crippen LogP contribution in [-0.2, 0) is 13.1 Å². The quantitative estimate of drug-likeness (QED) is 0.416. The van der Waals surface area contributed by atoms with E-state index < -0.39 is 0 Å². The van der Waals surface area contributed by atoms with Crippen LogP contribution in [0.4, 0.5) is 0 Å². The summed E-state index contributed by atoms with van der Waals surface area (Å²) in [6.45, 7) is 1.33. The van der Waals surface area contributed by atoms with Gasteiger partial charge in [-0.05, 0) is 12.8 Å². The van der Waals surface area contributed by atoms with E-state index in [0.717, 1.165) is 12.8 Å². The summed E-state index contributed by atoms with van der Waals surface area (Å²) in [5, 5.41) is 0. The Morgan fingerprint density at radius 2 is 1.50 bits per heavy atom. The van der Waals surface area contributed by atoms with Crippen molar-refractivity contribution < 1.29 is 31.0 Å². The average molecular weight is 179 g/mol. The maximum Gasteiger partial charge on any atom is 1.00 e. The second kappa shape index (κ2) is 3.64. The van der Waals surface area contributed by atoms with Gasteiger partial charge in [-0.2, -0.15) is 0 Å². The van der Waals surface area contributed by atoms with Crippen LogP contribution in [0.3, 0.4) is 0 Å². The molecular weight excluding hydrogens is 169 g/mol. The Labute approximate surface area is 92.1 Å². The molecule has 0 saturated heterocycles. The Bertz CT molecular complexity index is 345. The smallest absolute Gasteiger partial charge is 1.00 e. The molecule has 12 heavy (non-hydrogen) atoms. The zero-order chi connectivity index (χ0) is 7.84. The van der Waals surface area contributed by atoms with E-state index in [4.69, 9.17) is 0 Å². The molecule has 0 fully saturated rings. The number of hydrogen-bond donors (Lipinski definition) is 1. The normalized spacial score (nSPS) is 15.0. The molecule has 1 aromatic heterocycles. The molecule has 0 aliphatic carbocycles. The van der Waals surface area contributed by atoms with E-state index in [0.29, 0.717) is 13.1 Å². The third-order valence-corrected chi connectivity index (χ3v) is 1.96. The van der Waals surface area contributed by atoms with Crippen molar-refractivity contribution in [3.8, 4) is 0 Å². The van der Waals surface area contributed by atoms with E-state index >= 15 is 0 Å². The number of nitrogens with one attached hydrogen (secondary N) is 1. The van der Waals surface area contributed by atoms with Crippen LogP contribution in [0.2, 0.25) is 0 Å². The third kappa shape index (κ3) is 1.44. The summed E-state index contributed by atoms with van der Waals surface area (Å²) in [5.74, 6) is 0. The second-order valence-corrected chi connectivity index (χ2v) is 2.69. The van der Waals surface area contributed by atoms with Gasteiger partial charge in [0.05, 0.1) is 0 Å². The van der Waals surface area contributed by atoms with Crippen molar-refractivity contribution in [2.45, 2.75) is 25.9 Å². The summed E-state index contributed by atoms with van der Waals surface area (Å²) in [5.41, 5.74) is -0.565. The van der Waals surface area contributed by atoms with Crippen molar-refractivity contribution in [1.29, 1.82) is 0 Å². The van der Waals surface area contributed by atoms with Gasteiger partial charge in [0.1, 0.15) is 0 Å². The number of aromatic amines is 1. The second-order valence-electron chi connectivity index (χ2n) is 2.69. The largest absolute Gasteiger partial charge is 1.00 e. The van der Waals surface area contributed by atoms with Gasteiger partial charge in [-0.15, -0.1) is 0 Å². The summed E-state index contributed by atoms with van der Waals surface area (Å²) < 4.78 is 2.93. The van der Waals surface area contributed by atoms with E-state index in [-0.39, 0.29) is 42.4 Å². The van der Waals surface area contributed by atoms with Crippen molar-refractivity contribution in [2.24, 2.45) is 0 Å². The van der Waals surface area contributed by atoms with E-state index in [1.807, 2.05) is 0 Å². The number of fused-ring (bicyclic) bond motifs is 1. The van der Waals surface area contributed by atoms with E-state index in [1.165, 1.54) is 9.36 Å². The van der Waals surface area contributed by atoms with Crippen LogP contribution in [0.1, 0.15) is 14.3 Å². The monoisotopic (exact) mass is 179 g/mol. The standard InChI is InChI=1S/C6H9N3O2.Na.H/c10-5-7-6(11)9-4-2-1-3-8(5)9;;/h1-4H2,(H,7,10,11);;/q;+1;-1. The Hall–Kier alpha value is -0.260. The fourth-order valence-corrected chi connectivity index (χ4v) is 1.41. The number of rotatable bonds is 0. The van der Waals surface area contributed by atoms with Crippen molar-refractivity contribution in [3.05, 3.63) is 21.0 Å². The summed E-state index contributed by atoms with van der Waals surface area (Å²) in [7, 11) is 0. The van der Waals surface area contributed by atoms with Crippen molar-refractivity contribution >= 4 is 0 Å². The van der Waals surface area contributed by atoms with E-state index in [1.54, 1.807) is 0 Å². The topological polar surface area (TPSA) is 59.8 Å². The van der Waals surface area contributed by atoms with Crippen LogP contribution >= 0.6 is 0 Å². The zero-order valence-electron chi connectivity index (χ0n) is 8.04. The van der Waals surface area contributed by atoms with Gasteiger partial charge in [0.25, 0.3) is 0 Å². The fraction of sp³-hybridized carbons (Fsp3) is 0.667. The summed E-state index contributed by atoms with van der Waals surface area (Å²) in [6.07, 6.45) is 1.97. The molecule has 5 nitrogen and oxygen atoms in total. The Balaban J connectivity index is 0.000000720. The first-order chi connectivity index (χ1) is 5.29. The third-order valence-electron chi connectivity index (χ3n) is 1.96. The van der Waals surface area contributed by atoms with Gasteiger partial charge in [-0.1, -0.05) is 0 Å². The van der Waals surface area contributed by atoms with Crippen LogP contribution in [-0.4, -0.2) is 14.3 Å². The predicted molar refractivity (Wildman–Crippen MR) is 39.7 cm³/mol. The molecule has 2 rings (SSSR count). The Kier molecular flexibility index (Phi) is 2.98. The molecule has 2 heterocycles. The van der Waals surface area contributed by atoms with E-state index in [9.17, 15) is 9.59 Å². The molecule has 0 spiro atoms. The van der Waals surface area contributed by atoms with Crippen molar-refractivity contribution in [3.63, 3.8) is 0 Å². The molecule has 0 unspecified atom stereocenters. The molecule has 0 bridgehead atoms. The van der Waals surface area contributed by atoms with Crippen LogP contribution < -0.4 is 40.9 Å². The first kappa shape index (κ1) is 9.83. The van der Waals surface area contributed by atoms with Crippen molar-refractivity contribution in [2.75, 3.05) is 0 Å². The van der Waals surface area contributed by atoms with Gasteiger partial charge in [0.15, 0.2) is 0 Å². The Morgan fingerprint density at radius 3 is 1.92 bits per heavy atom. The predicted octanol–water partition coefficient (Wildman–Crippen LogP) is -3.75. The molecule has 0 saturated carbocycles. The molecule has 1 aliphatic heterocycles. The van der Waals surface area contributed by atoms with Gasteiger partial charge in [0.2, 0.25) is 0 Å².